The van der Waals surface area contributed by atoms with E-state index in [1.54, 1.807) is 0 Å². The Morgan fingerprint density at radius 3 is 2.46 bits per heavy atom. The lowest BCUT2D eigenvalue weighted by Crippen LogP contribution is -2.29. The summed E-state index contributed by atoms with van der Waals surface area (Å²) in [6.07, 6.45) is 4.08. The van der Waals surface area contributed by atoms with Crippen molar-refractivity contribution in [3.05, 3.63) is 90.4 Å². The van der Waals surface area contributed by atoms with Gasteiger partial charge in [-0.1, -0.05) is 69.5 Å². The molecule has 3 nitrogen and oxygen atoms in total. The Morgan fingerprint density at radius 1 is 1.11 bits per heavy atom. The van der Waals surface area contributed by atoms with Gasteiger partial charge >= 0.3 is 0 Å². The van der Waals surface area contributed by atoms with Gasteiger partial charge in [0.05, 0.1) is 5.82 Å². The lowest BCUT2D eigenvalue weighted by molar-refractivity contribution is 0.405. The molecule has 0 fully saturated rings. The van der Waals surface area contributed by atoms with Crippen LogP contribution in [-0.2, 0) is 6.42 Å². The molecule has 0 saturated heterocycles. The quantitative estimate of drug-likeness (QED) is 0.654. The molecule has 0 bridgehead atoms. The highest BCUT2D eigenvalue weighted by atomic mass is 15.1. The van der Waals surface area contributed by atoms with Crippen molar-refractivity contribution in [3.8, 4) is 0 Å². The van der Waals surface area contributed by atoms with Crippen molar-refractivity contribution in [2.24, 2.45) is 16.8 Å². The summed E-state index contributed by atoms with van der Waals surface area (Å²) in [6, 6.07) is 18.7. The van der Waals surface area contributed by atoms with Crippen LogP contribution in [0.3, 0.4) is 0 Å². The summed E-state index contributed by atoms with van der Waals surface area (Å²) in [5, 5.41) is 6.55. The van der Waals surface area contributed by atoms with Gasteiger partial charge in [0.15, 0.2) is 0 Å². The van der Waals surface area contributed by atoms with Gasteiger partial charge in [-0.05, 0) is 55.2 Å². The van der Waals surface area contributed by atoms with E-state index in [-0.39, 0.29) is 0 Å². The number of nitrogens with one attached hydrogen (secondary N) is 2. The molecule has 1 aliphatic rings. The highest BCUT2D eigenvalue weighted by Gasteiger charge is 2.22. The Morgan fingerprint density at radius 2 is 1.86 bits per heavy atom. The van der Waals surface area contributed by atoms with Crippen molar-refractivity contribution in [3.63, 3.8) is 0 Å². The van der Waals surface area contributed by atoms with Crippen LogP contribution in [0.1, 0.15) is 31.4 Å². The van der Waals surface area contributed by atoms with Crippen LogP contribution in [0.5, 0.6) is 0 Å². The second kappa shape index (κ2) is 11.1. The van der Waals surface area contributed by atoms with E-state index in [9.17, 15) is 0 Å². The third-order valence-corrected chi connectivity index (χ3v) is 4.89. The molecule has 2 aromatic rings. The van der Waals surface area contributed by atoms with E-state index >= 15 is 0 Å². The van der Waals surface area contributed by atoms with E-state index in [1.807, 2.05) is 24.4 Å². The van der Waals surface area contributed by atoms with Gasteiger partial charge in [-0.15, -0.1) is 0 Å². The van der Waals surface area contributed by atoms with Crippen LogP contribution in [0.25, 0.3) is 0 Å². The zero-order valence-electron chi connectivity index (χ0n) is 17.4. The molecule has 1 heterocycles. The molecule has 2 aromatic carbocycles. The summed E-state index contributed by atoms with van der Waals surface area (Å²) in [6.45, 7) is 15.5. The summed E-state index contributed by atoms with van der Waals surface area (Å²) in [4.78, 5) is 4.32. The van der Waals surface area contributed by atoms with Crippen LogP contribution in [0.15, 0.2) is 84.3 Å². The maximum atomic E-state index is 4.32. The van der Waals surface area contributed by atoms with Gasteiger partial charge in [-0.25, -0.2) is 0 Å². The lowest BCUT2D eigenvalue weighted by atomic mass is 9.87. The van der Waals surface area contributed by atoms with Gasteiger partial charge in [0.2, 0.25) is 0 Å². The Balaban J connectivity index is 0.000000292. The second-order valence-corrected chi connectivity index (χ2v) is 7.33. The summed E-state index contributed by atoms with van der Waals surface area (Å²) < 4.78 is 0. The fourth-order valence-corrected chi connectivity index (χ4v) is 3.20. The number of allylic oxidation sites excluding steroid dienone is 1. The first kappa shape index (κ1) is 21.5. The van der Waals surface area contributed by atoms with E-state index in [2.05, 4.69) is 86.0 Å². The first-order valence-electron chi connectivity index (χ1n) is 10.00. The van der Waals surface area contributed by atoms with Crippen LogP contribution in [0.2, 0.25) is 0 Å². The molecule has 0 radical (unpaired) electrons. The molecule has 0 spiro atoms. The van der Waals surface area contributed by atoms with Crippen molar-refractivity contribution in [2.45, 2.75) is 33.6 Å². The highest BCUT2D eigenvalue weighted by molar-refractivity contribution is 5.59. The Kier molecular flexibility index (Phi) is 8.54. The fraction of sp³-hybridized carbons (Fsp3) is 0.320. The molecule has 2 N–H and O–H groups in total. The van der Waals surface area contributed by atoms with Crippen molar-refractivity contribution in [1.29, 1.82) is 0 Å². The van der Waals surface area contributed by atoms with Crippen LogP contribution in [-0.4, -0.2) is 12.8 Å². The summed E-state index contributed by atoms with van der Waals surface area (Å²) in [5.74, 6) is 1.70. The van der Waals surface area contributed by atoms with Crippen LogP contribution in [0.4, 0.5) is 5.69 Å². The van der Waals surface area contributed by atoms with Crippen LogP contribution < -0.4 is 10.6 Å². The van der Waals surface area contributed by atoms with Crippen LogP contribution in [0, 0.1) is 18.8 Å². The van der Waals surface area contributed by atoms with Gasteiger partial charge < -0.3 is 10.6 Å². The minimum Gasteiger partial charge on any atom is -0.346 e. The zero-order valence-corrected chi connectivity index (χ0v) is 17.4. The molecule has 1 aliphatic heterocycles. The predicted molar refractivity (Wildman–Crippen MR) is 123 cm³/mol. The number of nitrogens with zero attached hydrogens (tertiary/aromatic N) is 1. The molecule has 2 atom stereocenters. The van der Waals surface area contributed by atoms with Gasteiger partial charge in [-0.3, -0.25) is 4.99 Å². The van der Waals surface area contributed by atoms with E-state index in [4.69, 9.17) is 0 Å². The molecule has 3 heteroatoms. The Hall–Kier alpha value is -2.81. The second-order valence-electron chi connectivity index (χ2n) is 7.33. The molecule has 0 aliphatic carbocycles. The lowest BCUT2D eigenvalue weighted by Gasteiger charge is -2.28. The third kappa shape index (κ3) is 7.07. The maximum Gasteiger partial charge on any atom is 0.0999 e. The molecule has 28 heavy (non-hydrogen) atoms. The minimum atomic E-state index is 0.420. The Bertz CT molecular complexity index is 792. The largest absolute Gasteiger partial charge is 0.346 e. The molecule has 2 unspecified atom stereocenters. The number of hydrogen-bond acceptors (Lipinski definition) is 3. The van der Waals surface area contributed by atoms with Crippen LogP contribution >= 0.6 is 0 Å². The van der Waals surface area contributed by atoms with Gasteiger partial charge in [-0.2, -0.15) is 0 Å². The van der Waals surface area contributed by atoms with Crippen molar-refractivity contribution in [2.75, 3.05) is 11.9 Å². The summed E-state index contributed by atoms with van der Waals surface area (Å²) in [7, 11) is 0. The number of aliphatic imine (C=N–C) groups is 1. The van der Waals surface area contributed by atoms with E-state index < -0.39 is 0 Å². The average molecular weight is 376 g/mol. The Labute approximate surface area is 170 Å². The number of benzene rings is 2. The zero-order chi connectivity index (χ0) is 20.4. The number of anilines is 1. The summed E-state index contributed by atoms with van der Waals surface area (Å²) >= 11 is 0. The molecular weight excluding hydrogens is 342 g/mol. The van der Waals surface area contributed by atoms with E-state index in [0.717, 1.165) is 36.6 Å². The maximum absolute atomic E-state index is 4.32. The summed E-state index contributed by atoms with van der Waals surface area (Å²) in [5.41, 5.74) is 4.67. The third-order valence-electron chi connectivity index (χ3n) is 4.89. The van der Waals surface area contributed by atoms with Gasteiger partial charge in [0.1, 0.15) is 0 Å². The first-order valence-corrected chi connectivity index (χ1v) is 10.00. The normalized spacial score (nSPS) is 17.8. The van der Waals surface area contributed by atoms with Gasteiger partial charge in [0.25, 0.3) is 0 Å². The molecule has 0 aromatic heterocycles. The van der Waals surface area contributed by atoms with E-state index in [0.29, 0.717) is 11.8 Å². The molecular formula is C25H33N3. The number of hydrogen-bond donors (Lipinski definition) is 2. The van der Waals surface area contributed by atoms with Crippen molar-refractivity contribution >= 4 is 11.9 Å². The SMILES string of the molecule is C=C(NC(=C)C1CC=NCC1C)Nc1cccc(C)c1.CCc1ccccc1. The molecule has 148 valence electrons. The van der Waals surface area contributed by atoms with Crippen molar-refractivity contribution < 1.29 is 0 Å². The molecule has 3 rings (SSSR count). The van der Waals surface area contributed by atoms with E-state index in [1.165, 1.54) is 11.1 Å². The number of aryl methyl sites for hydroxylation is 2. The van der Waals surface area contributed by atoms with Crippen molar-refractivity contribution in [1.82, 2.24) is 5.32 Å². The first-order chi connectivity index (χ1) is 13.5. The predicted octanol–water partition coefficient (Wildman–Crippen LogP) is 5.96. The monoisotopic (exact) mass is 375 g/mol. The average Bonchev–Trinajstić information content (AvgIpc) is 2.69. The molecule has 0 saturated carbocycles. The minimum absolute atomic E-state index is 0.420. The van der Waals surface area contributed by atoms with Gasteiger partial charge in [0, 0.05) is 23.8 Å². The molecule has 0 amide bonds. The number of rotatable bonds is 6. The standard InChI is InChI=1S/C17H23N3.C8H10/c1-12-6-5-7-16(10-12)20-15(4)19-14(3)17-8-9-18-11-13(17)2;1-2-8-6-4-3-5-7-8/h5-7,9-10,13,17,19-20H,3-4,8,11H2,1-2H3;3-7H,2H2,1H3. The fourth-order valence-electron chi connectivity index (χ4n) is 3.20. The topological polar surface area (TPSA) is 36.4 Å². The smallest absolute Gasteiger partial charge is 0.0999 e. The highest BCUT2D eigenvalue weighted by Crippen LogP contribution is 2.24.